The summed E-state index contributed by atoms with van der Waals surface area (Å²) in [5.74, 6) is 1.29. The Bertz CT molecular complexity index is 812. The zero-order valence-corrected chi connectivity index (χ0v) is 14.4. The molecular weight excluding hydrogens is 344 g/mol. The van der Waals surface area contributed by atoms with Crippen LogP contribution in [0.25, 0.3) is 0 Å². The molecule has 2 aromatic heterocycles. The van der Waals surface area contributed by atoms with Gasteiger partial charge in [-0.25, -0.2) is 0 Å². The smallest absolute Gasteiger partial charge is 0.292 e. The summed E-state index contributed by atoms with van der Waals surface area (Å²) >= 11 is 5.85. The SMILES string of the molecule is Cc1cc(C(=O)N(CCOc2ccc(Cl)cc2)Cc2ccco2)on1. The molecule has 0 saturated heterocycles. The Morgan fingerprint density at radius 2 is 2.08 bits per heavy atom. The highest BCUT2D eigenvalue weighted by atomic mass is 35.5. The Balaban J connectivity index is 1.65. The van der Waals surface area contributed by atoms with E-state index >= 15 is 0 Å². The molecule has 1 aromatic carbocycles. The first kappa shape index (κ1) is 17.1. The summed E-state index contributed by atoms with van der Waals surface area (Å²) in [5, 5.41) is 4.40. The first-order valence-corrected chi connectivity index (χ1v) is 8.13. The Kier molecular flexibility index (Phi) is 5.40. The number of aromatic nitrogens is 1. The van der Waals surface area contributed by atoms with E-state index in [-0.39, 0.29) is 11.7 Å². The lowest BCUT2D eigenvalue weighted by atomic mass is 10.3. The first-order valence-electron chi connectivity index (χ1n) is 7.75. The molecule has 0 radical (unpaired) electrons. The fourth-order valence-electron chi connectivity index (χ4n) is 2.27. The van der Waals surface area contributed by atoms with Gasteiger partial charge in [-0.15, -0.1) is 0 Å². The van der Waals surface area contributed by atoms with Crippen molar-refractivity contribution in [1.29, 1.82) is 0 Å². The van der Waals surface area contributed by atoms with Crippen LogP contribution >= 0.6 is 11.6 Å². The van der Waals surface area contributed by atoms with Crippen LogP contribution in [0.2, 0.25) is 5.02 Å². The van der Waals surface area contributed by atoms with Gasteiger partial charge < -0.3 is 18.6 Å². The van der Waals surface area contributed by atoms with Crippen LogP contribution in [0.4, 0.5) is 0 Å². The predicted octanol–water partition coefficient (Wildman–Crippen LogP) is 3.95. The number of furan rings is 1. The van der Waals surface area contributed by atoms with Gasteiger partial charge in [0.05, 0.1) is 25.0 Å². The molecule has 3 aromatic rings. The van der Waals surface area contributed by atoms with Gasteiger partial charge in [-0.05, 0) is 43.3 Å². The third kappa shape index (κ3) is 4.64. The molecule has 25 heavy (non-hydrogen) atoms. The van der Waals surface area contributed by atoms with Crippen molar-refractivity contribution in [1.82, 2.24) is 10.1 Å². The second-order valence-corrected chi connectivity index (χ2v) is 5.88. The van der Waals surface area contributed by atoms with Crippen LogP contribution in [-0.4, -0.2) is 29.1 Å². The van der Waals surface area contributed by atoms with Gasteiger partial charge in [0.15, 0.2) is 0 Å². The molecule has 0 atom stereocenters. The molecule has 0 N–H and O–H groups in total. The van der Waals surface area contributed by atoms with Gasteiger partial charge in [-0.3, -0.25) is 4.79 Å². The van der Waals surface area contributed by atoms with Gasteiger partial charge >= 0.3 is 0 Å². The number of nitrogens with zero attached hydrogens (tertiary/aromatic N) is 2. The van der Waals surface area contributed by atoms with Gasteiger partial charge in [0, 0.05) is 11.1 Å². The monoisotopic (exact) mass is 360 g/mol. The number of ether oxygens (including phenoxy) is 1. The molecule has 3 rings (SSSR count). The third-order valence-electron chi connectivity index (χ3n) is 3.50. The number of rotatable bonds is 7. The predicted molar refractivity (Wildman–Crippen MR) is 91.6 cm³/mol. The Morgan fingerprint density at radius 1 is 1.28 bits per heavy atom. The van der Waals surface area contributed by atoms with Crippen molar-refractivity contribution in [3.63, 3.8) is 0 Å². The van der Waals surface area contributed by atoms with Gasteiger partial charge in [-0.2, -0.15) is 0 Å². The lowest BCUT2D eigenvalue weighted by molar-refractivity contribution is 0.0662. The highest BCUT2D eigenvalue weighted by Crippen LogP contribution is 2.16. The van der Waals surface area contributed by atoms with E-state index in [1.807, 2.05) is 6.07 Å². The van der Waals surface area contributed by atoms with Gasteiger partial charge in [0.25, 0.3) is 5.91 Å². The molecule has 0 aliphatic carbocycles. The minimum absolute atomic E-state index is 0.190. The van der Waals surface area contributed by atoms with Crippen molar-refractivity contribution < 1.29 is 18.5 Å². The van der Waals surface area contributed by atoms with E-state index in [0.29, 0.717) is 41.9 Å². The van der Waals surface area contributed by atoms with Crippen LogP contribution in [-0.2, 0) is 6.54 Å². The molecule has 6 nitrogen and oxygen atoms in total. The molecular formula is C18H17ClN2O4. The molecule has 1 amide bonds. The van der Waals surface area contributed by atoms with Crippen molar-refractivity contribution in [2.45, 2.75) is 13.5 Å². The average molecular weight is 361 g/mol. The van der Waals surface area contributed by atoms with E-state index in [2.05, 4.69) is 5.16 Å². The van der Waals surface area contributed by atoms with Crippen LogP contribution in [0.15, 0.2) is 57.7 Å². The Morgan fingerprint density at radius 3 is 2.72 bits per heavy atom. The molecule has 7 heteroatoms. The summed E-state index contributed by atoms with van der Waals surface area (Å²) in [6.45, 7) is 2.76. The molecule has 0 spiro atoms. The topological polar surface area (TPSA) is 68.7 Å². The van der Waals surface area contributed by atoms with E-state index < -0.39 is 0 Å². The van der Waals surface area contributed by atoms with Gasteiger partial charge in [0.2, 0.25) is 5.76 Å². The number of aryl methyl sites for hydroxylation is 1. The number of hydrogen-bond donors (Lipinski definition) is 0. The van der Waals surface area contributed by atoms with Crippen LogP contribution in [0.5, 0.6) is 5.75 Å². The molecule has 2 heterocycles. The largest absolute Gasteiger partial charge is 0.492 e. The highest BCUT2D eigenvalue weighted by molar-refractivity contribution is 6.30. The van der Waals surface area contributed by atoms with Gasteiger partial charge in [0.1, 0.15) is 18.1 Å². The third-order valence-corrected chi connectivity index (χ3v) is 3.75. The van der Waals surface area contributed by atoms with E-state index in [1.165, 1.54) is 0 Å². The van der Waals surface area contributed by atoms with E-state index in [4.69, 9.17) is 25.3 Å². The number of amides is 1. The summed E-state index contributed by atoms with van der Waals surface area (Å²) in [6, 6.07) is 12.3. The molecule has 0 bridgehead atoms. The zero-order valence-electron chi connectivity index (χ0n) is 13.6. The van der Waals surface area contributed by atoms with Crippen LogP contribution < -0.4 is 4.74 Å². The van der Waals surface area contributed by atoms with Crippen molar-refractivity contribution in [3.05, 3.63) is 71.0 Å². The fraction of sp³-hybridized carbons (Fsp3) is 0.222. The maximum Gasteiger partial charge on any atom is 0.292 e. The normalized spacial score (nSPS) is 10.6. The summed E-state index contributed by atoms with van der Waals surface area (Å²) < 4.78 is 16.1. The maximum atomic E-state index is 12.6. The van der Waals surface area contributed by atoms with Gasteiger partial charge in [-0.1, -0.05) is 16.8 Å². The lowest BCUT2D eigenvalue weighted by Gasteiger charge is -2.20. The second-order valence-electron chi connectivity index (χ2n) is 5.44. The Hall–Kier alpha value is -2.73. The average Bonchev–Trinajstić information content (AvgIpc) is 3.27. The van der Waals surface area contributed by atoms with Crippen LogP contribution in [0, 0.1) is 6.92 Å². The summed E-state index contributed by atoms with van der Waals surface area (Å²) in [7, 11) is 0. The van der Waals surface area contributed by atoms with Crippen molar-refractivity contribution >= 4 is 17.5 Å². The first-order chi connectivity index (χ1) is 12.1. The highest BCUT2D eigenvalue weighted by Gasteiger charge is 2.21. The minimum Gasteiger partial charge on any atom is -0.492 e. The molecule has 0 saturated carbocycles. The second kappa shape index (κ2) is 7.90. The lowest BCUT2D eigenvalue weighted by Crippen LogP contribution is -2.34. The minimum atomic E-state index is -0.267. The number of carbonyl (C=O) groups is 1. The maximum absolute atomic E-state index is 12.6. The van der Waals surface area contributed by atoms with Crippen LogP contribution in [0.1, 0.15) is 22.0 Å². The standard InChI is InChI=1S/C18H17ClN2O4/c1-13-11-17(25-20-13)18(22)21(12-16-3-2-9-23-16)8-10-24-15-6-4-14(19)5-7-15/h2-7,9,11H,8,10,12H2,1H3. The number of benzene rings is 1. The molecule has 0 fully saturated rings. The number of carbonyl (C=O) groups excluding carboxylic acids is 1. The van der Waals surface area contributed by atoms with E-state index in [1.54, 1.807) is 54.5 Å². The Labute approximate surface area is 149 Å². The molecule has 0 aliphatic rings. The summed E-state index contributed by atoms with van der Waals surface area (Å²) in [6.07, 6.45) is 1.57. The summed E-state index contributed by atoms with van der Waals surface area (Å²) in [4.78, 5) is 14.2. The van der Waals surface area contributed by atoms with Crippen molar-refractivity contribution in [2.75, 3.05) is 13.2 Å². The van der Waals surface area contributed by atoms with E-state index in [0.717, 1.165) is 0 Å². The zero-order chi connectivity index (χ0) is 17.6. The quantitative estimate of drug-likeness (QED) is 0.638. The van der Waals surface area contributed by atoms with Crippen molar-refractivity contribution in [3.8, 4) is 5.75 Å². The number of halogens is 1. The molecule has 0 unspecified atom stereocenters. The van der Waals surface area contributed by atoms with Crippen LogP contribution in [0.3, 0.4) is 0 Å². The fourth-order valence-corrected chi connectivity index (χ4v) is 2.39. The van der Waals surface area contributed by atoms with E-state index in [9.17, 15) is 4.79 Å². The van der Waals surface area contributed by atoms with Crippen molar-refractivity contribution in [2.24, 2.45) is 0 Å². The molecule has 0 aliphatic heterocycles. The number of hydrogen-bond acceptors (Lipinski definition) is 5. The summed E-state index contributed by atoms with van der Waals surface area (Å²) in [5.41, 5.74) is 0.652. The molecule has 130 valence electrons.